The van der Waals surface area contributed by atoms with E-state index in [-0.39, 0.29) is 5.41 Å². The molecule has 0 saturated heterocycles. The number of methoxy groups -OCH3 is 2. The average molecular weight is 394 g/mol. The number of allylic oxidation sites excluding steroid dienone is 1. The van der Waals surface area contributed by atoms with E-state index in [4.69, 9.17) is 9.47 Å². The third kappa shape index (κ3) is 3.64. The molecule has 1 heterocycles. The zero-order chi connectivity index (χ0) is 21.0. The van der Waals surface area contributed by atoms with Gasteiger partial charge in [-0.3, -0.25) is 0 Å². The molecule has 2 aromatic rings. The number of fused-ring (bicyclic) bond motifs is 1. The molecule has 0 aliphatic carbocycles. The van der Waals surface area contributed by atoms with E-state index in [1.807, 2.05) is 24.4 Å². The zero-order valence-electron chi connectivity index (χ0n) is 18.5. The Labute approximate surface area is 174 Å². The van der Waals surface area contributed by atoms with Crippen LogP contribution in [0.4, 0.5) is 11.4 Å². The number of hydrogen-bond donors (Lipinski definition) is 1. The van der Waals surface area contributed by atoms with Crippen molar-refractivity contribution in [2.45, 2.75) is 46.0 Å². The fourth-order valence-corrected chi connectivity index (χ4v) is 4.51. The molecule has 1 N–H and O–H groups in total. The number of benzene rings is 2. The highest BCUT2D eigenvalue weighted by Crippen LogP contribution is 2.45. The molecule has 0 unspecified atom stereocenters. The quantitative estimate of drug-likeness (QED) is 0.574. The first-order chi connectivity index (χ1) is 14.0. The topological polar surface area (TPSA) is 33.5 Å². The van der Waals surface area contributed by atoms with Gasteiger partial charge in [0.15, 0.2) is 5.71 Å². The van der Waals surface area contributed by atoms with Gasteiger partial charge in [0, 0.05) is 30.0 Å². The van der Waals surface area contributed by atoms with Crippen LogP contribution in [0.2, 0.25) is 0 Å². The van der Waals surface area contributed by atoms with Crippen molar-refractivity contribution in [2.75, 3.05) is 26.1 Å². The van der Waals surface area contributed by atoms with E-state index in [2.05, 4.69) is 61.9 Å². The van der Waals surface area contributed by atoms with Crippen molar-refractivity contribution in [3.05, 3.63) is 59.8 Å². The lowest BCUT2D eigenvalue weighted by Gasteiger charge is -2.24. The Morgan fingerprint density at radius 2 is 1.76 bits per heavy atom. The van der Waals surface area contributed by atoms with Crippen molar-refractivity contribution >= 4 is 17.1 Å². The van der Waals surface area contributed by atoms with Gasteiger partial charge >= 0.3 is 0 Å². The maximum absolute atomic E-state index is 5.51. The van der Waals surface area contributed by atoms with Crippen molar-refractivity contribution in [3.63, 3.8) is 0 Å². The van der Waals surface area contributed by atoms with Gasteiger partial charge in [0.05, 0.1) is 25.3 Å². The highest BCUT2D eigenvalue weighted by molar-refractivity contribution is 6.03. The first-order valence-corrected chi connectivity index (χ1v) is 10.5. The summed E-state index contributed by atoms with van der Waals surface area (Å²) in [5.74, 6) is 1.54. The molecule has 3 rings (SSSR count). The van der Waals surface area contributed by atoms with Gasteiger partial charge in [-0.15, -0.1) is 0 Å². The fourth-order valence-electron chi connectivity index (χ4n) is 4.51. The highest BCUT2D eigenvalue weighted by Gasteiger charge is 2.48. The number of hydrogen-bond acceptors (Lipinski definition) is 3. The summed E-state index contributed by atoms with van der Waals surface area (Å²) in [6.07, 6.45) is 6.40. The van der Waals surface area contributed by atoms with E-state index in [0.29, 0.717) is 0 Å². The number of ether oxygens (including phenoxy) is 2. The van der Waals surface area contributed by atoms with Gasteiger partial charge in [-0.2, -0.15) is 4.58 Å². The second kappa shape index (κ2) is 8.73. The van der Waals surface area contributed by atoms with Gasteiger partial charge in [-0.1, -0.05) is 26.0 Å². The van der Waals surface area contributed by atoms with Crippen molar-refractivity contribution < 1.29 is 14.0 Å². The predicted molar refractivity (Wildman–Crippen MR) is 121 cm³/mol. The van der Waals surface area contributed by atoms with Crippen LogP contribution >= 0.6 is 0 Å². The lowest BCUT2D eigenvalue weighted by atomic mass is 9.73. The number of rotatable bonds is 8. The smallest absolute Gasteiger partial charge is 0.210 e. The Morgan fingerprint density at radius 1 is 1.00 bits per heavy atom. The largest absolute Gasteiger partial charge is 0.497 e. The molecule has 154 valence electrons. The van der Waals surface area contributed by atoms with Gasteiger partial charge < -0.3 is 14.8 Å². The van der Waals surface area contributed by atoms with Crippen LogP contribution in [-0.4, -0.2) is 31.1 Å². The van der Waals surface area contributed by atoms with E-state index in [1.165, 1.54) is 22.5 Å². The lowest BCUT2D eigenvalue weighted by Crippen LogP contribution is -2.33. The maximum atomic E-state index is 5.51. The SMILES string of the molecule is CC[N+]1=C(C=CNc2ccc(OC)cc2OC)C(CC)(CC)c2ccc(C)cc21. The third-order valence-electron chi connectivity index (χ3n) is 6.15. The van der Waals surface area contributed by atoms with E-state index >= 15 is 0 Å². The minimum Gasteiger partial charge on any atom is -0.497 e. The molecule has 0 bridgehead atoms. The normalized spacial score (nSPS) is 15.0. The first kappa shape index (κ1) is 21.0. The molecule has 0 radical (unpaired) electrons. The Kier molecular flexibility index (Phi) is 6.31. The van der Waals surface area contributed by atoms with Crippen molar-refractivity contribution in [2.24, 2.45) is 0 Å². The van der Waals surface area contributed by atoms with E-state index in [1.54, 1.807) is 14.2 Å². The van der Waals surface area contributed by atoms with Gasteiger partial charge in [0.2, 0.25) is 5.69 Å². The summed E-state index contributed by atoms with van der Waals surface area (Å²) in [7, 11) is 3.33. The van der Waals surface area contributed by atoms with Crippen LogP contribution in [-0.2, 0) is 5.41 Å². The Balaban J connectivity index is 1.99. The van der Waals surface area contributed by atoms with Crippen LogP contribution in [0.5, 0.6) is 11.5 Å². The summed E-state index contributed by atoms with van der Waals surface area (Å²) in [5, 5.41) is 3.40. The molecular formula is C25H33N2O2+. The molecular weight excluding hydrogens is 360 g/mol. The van der Waals surface area contributed by atoms with E-state index in [0.717, 1.165) is 36.6 Å². The monoisotopic (exact) mass is 393 g/mol. The molecule has 2 aromatic carbocycles. The van der Waals surface area contributed by atoms with Gasteiger partial charge in [0.1, 0.15) is 18.0 Å². The Morgan fingerprint density at radius 3 is 2.38 bits per heavy atom. The molecule has 1 aliphatic rings. The number of anilines is 1. The number of nitrogens with zero attached hydrogens (tertiary/aromatic N) is 1. The minimum absolute atomic E-state index is 0.0429. The van der Waals surface area contributed by atoms with Crippen molar-refractivity contribution in [1.29, 1.82) is 0 Å². The predicted octanol–water partition coefficient (Wildman–Crippen LogP) is 5.81. The summed E-state index contributed by atoms with van der Waals surface area (Å²) in [6.45, 7) is 9.92. The Hall–Kier alpha value is -2.75. The second-order valence-corrected chi connectivity index (χ2v) is 7.48. The molecule has 4 nitrogen and oxygen atoms in total. The number of nitrogens with one attached hydrogen (secondary N) is 1. The fraction of sp³-hybridized carbons (Fsp3) is 0.400. The van der Waals surface area contributed by atoms with Crippen molar-refractivity contribution in [1.82, 2.24) is 0 Å². The van der Waals surface area contributed by atoms with Gasteiger partial charge in [0.25, 0.3) is 0 Å². The molecule has 4 heteroatoms. The van der Waals surface area contributed by atoms with Crippen molar-refractivity contribution in [3.8, 4) is 11.5 Å². The van der Waals surface area contributed by atoms with E-state index < -0.39 is 0 Å². The van der Waals surface area contributed by atoms with Crippen LogP contribution in [0.15, 0.2) is 48.7 Å². The summed E-state index contributed by atoms with van der Waals surface area (Å²) < 4.78 is 13.3. The van der Waals surface area contributed by atoms with Crippen LogP contribution < -0.4 is 14.8 Å². The molecule has 29 heavy (non-hydrogen) atoms. The molecule has 0 amide bonds. The maximum Gasteiger partial charge on any atom is 0.210 e. The van der Waals surface area contributed by atoms with Crippen LogP contribution in [0.1, 0.15) is 44.7 Å². The van der Waals surface area contributed by atoms with Crippen LogP contribution in [0, 0.1) is 6.92 Å². The Bertz CT molecular complexity index is 940. The summed E-state index contributed by atoms with van der Waals surface area (Å²) in [4.78, 5) is 0. The third-order valence-corrected chi connectivity index (χ3v) is 6.15. The minimum atomic E-state index is 0.0429. The van der Waals surface area contributed by atoms with Gasteiger partial charge in [-0.25, -0.2) is 0 Å². The van der Waals surface area contributed by atoms with E-state index in [9.17, 15) is 0 Å². The molecule has 0 atom stereocenters. The van der Waals surface area contributed by atoms with Crippen LogP contribution in [0.25, 0.3) is 0 Å². The lowest BCUT2D eigenvalue weighted by molar-refractivity contribution is -0.433. The number of aryl methyl sites for hydroxylation is 1. The standard InChI is InChI=1S/C25H32N2O2/c1-7-25(8-2)20-12-10-18(4)16-22(20)27(9-3)24(25)14-15-26-21-13-11-19(28-5)17-23(21)29-6/h10-17H,7-9H2,1-6H3/p+1. The molecule has 1 aliphatic heterocycles. The molecule has 0 spiro atoms. The molecule has 0 aromatic heterocycles. The second-order valence-electron chi connectivity index (χ2n) is 7.48. The zero-order valence-corrected chi connectivity index (χ0v) is 18.5. The first-order valence-electron chi connectivity index (χ1n) is 10.5. The van der Waals surface area contributed by atoms with Crippen LogP contribution in [0.3, 0.4) is 0 Å². The summed E-state index contributed by atoms with van der Waals surface area (Å²) >= 11 is 0. The highest BCUT2D eigenvalue weighted by atomic mass is 16.5. The molecule has 0 saturated carbocycles. The molecule has 0 fully saturated rings. The van der Waals surface area contributed by atoms with Gasteiger partial charge in [-0.05, 0) is 44.4 Å². The average Bonchev–Trinajstić information content (AvgIpc) is 3.01. The summed E-state index contributed by atoms with van der Waals surface area (Å²) in [5.41, 5.74) is 6.40. The summed E-state index contributed by atoms with van der Waals surface area (Å²) in [6, 6.07) is 12.7.